The number of hydrogen-bond acceptors (Lipinski definition) is 3. The lowest BCUT2D eigenvalue weighted by Gasteiger charge is -2.43. The molecule has 0 atom stereocenters. The molecular weight excluding hydrogens is 190 g/mol. The number of hydrogen-bond donors (Lipinski definition) is 2. The number of carbonyl (C=O) groups is 1. The van der Waals surface area contributed by atoms with Gasteiger partial charge in [0.25, 0.3) is 0 Å². The molecule has 86 valence electrons. The Morgan fingerprint density at radius 2 is 2.07 bits per heavy atom. The van der Waals surface area contributed by atoms with Gasteiger partial charge < -0.3 is 16.0 Å². The average molecular weight is 211 g/mol. The number of piperidine rings is 2. The molecule has 0 aromatic heterocycles. The molecule has 2 aliphatic rings. The van der Waals surface area contributed by atoms with Gasteiger partial charge in [0.15, 0.2) is 0 Å². The lowest BCUT2D eigenvalue weighted by Crippen LogP contribution is -2.48. The van der Waals surface area contributed by atoms with E-state index < -0.39 is 0 Å². The zero-order chi connectivity index (χ0) is 10.7. The Morgan fingerprint density at radius 1 is 1.33 bits per heavy atom. The molecule has 2 fully saturated rings. The highest BCUT2D eigenvalue weighted by molar-refractivity contribution is 5.77. The highest BCUT2D eigenvalue weighted by atomic mass is 16.1. The number of amides is 1. The standard InChI is InChI=1S/C11H21N3O/c12-4-8-14-6-2-11(3-7-14)1-5-13-10(15)9-11/h1-9,12H2,(H,13,15). The van der Waals surface area contributed by atoms with Gasteiger partial charge in [0.2, 0.25) is 5.91 Å². The maximum atomic E-state index is 11.4. The fraction of sp³-hybridized carbons (Fsp3) is 0.909. The molecule has 0 aromatic carbocycles. The van der Waals surface area contributed by atoms with Crippen LogP contribution in [-0.2, 0) is 4.79 Å². The molecule has 4 heteroatoms. The average Bonchev–Trinajstić information content (AvgIpc) is 2.22. The summed E-state index contributed by atoms with van der Waals surface area (Å²) in [4.78, 5) is 13.8. The van der Waals surface area contributed by atoms with Crippen LogP contribution in [0.1, 0.15) is 25.7 Å². The van der Waals surface area contributed by atoms with E-state index in [2.05, 4.69) is 10.2 Å². The third-order valence-electron chi connectivity index (χ3n) is 3.88. The molecule has 0 aromatic rings. The molecular formula is C11H21N3O. The Labute approximate surface area is 91.2 Å². The zero-order valence-electron chi connectivity index (χ0n) is 9.30. The third-order valence-corrected chi connectivity index (χ3v) is 3.88. The summed E-state index contributed by atoms with van der Waals surface area (Å²) in [5.74, 6) is 0.244. The summed E-state index contributed by atoms with van der Waals surface area (Å²) < 4.78 is 0. The van der Waals surface area contributed by atoms with Crippen LogP contribution in [0.5, 0.6) is 0 Å². The molecule has 2 rings (SSSR count). The van der Waals surface area contributed by atoms with Crippen molar-refractivity contribution in [2.45, 2.75) is 25.7 Å². The first-order valence-corrected chi connectivity index (χ1v) is 5.93. The van der Waals surface area contributed by atoms with Gasteiger partial charge in [-0.1, -0.05) is 0 Å². The number of nitrogens with one attached hydrogen (secondary N) is 1. The lowest BCUT2D eigenvalue weighted by molar-refractivity contribution is -0.127. The van der Waals surface area contributed by atoms with E-state index in [1.54, 1.807) is 0 Å². The SMILES string of the molecule is NCCN1CCC2(CCNC(=O)C2)CC1. The van der Waals surface area contributed by atoms with E-state index >= 15 is 0 Å². The van der Waals surface area contributed by atoms with E-state index in [0.29, 0.717) is 5.41 Å². The summed E-state index contributed by atoms with van der Waals surface area (Å²) >= 11 is 0. The molecule has 0 radical (unpaired) electrons. The highest BCUT2D eigenvalue weighted by Gasteiger charge is 2.38. The van der Waals surface area contributed by atoms with Crippen LogP contribution in [0.3, 0.4) is 0 Å². The van der Waals surface area contributed by atoms with Crippen molar-refractivity contribution in [2.75, 3.05) is 32.7 Å². The monoisotopic (exact) mass is 211 g/mol. The van der Waals surface area contributed by atoms with E-state index in [4.69, 9.17) is 5.73 Å². The van der Waals surface area contributed by atoms with Gasteiger partial charge in [0.1, 0.15) is 0 Å². The Hall–Kier alpha value is -0.610. The van der Waals surface area contributed by atoms with Gasteiger partial charge in [-0.3, -0.25) is 4.79 Å². The van der Waals surface area contributed by atoms with E-state index in [1.165, 1.54) is 12.8 Å². The van der Waals surface area contributed by atoms with Gasteiger partial charge in [0, 0.05) is 26.1 Å². The van der Waals surface area contributed by atoms with Gasteiger partial charge in [0.05, 0.1) is 0 Å². The normalized spacial score (nSPS) is 26.6. The number of likely N-dealkylation sites (tertiary alicyclic amines) is 1. The number of rotatable bonds is 2. The zero-order valence-corrected chi connectivity index (χ0v) is 9.30. The van der Waals surface area contributed by atoms with Crippen molar-refractivity contribution in [3.8, 4) is 0 Å². The van der Waals surface area contributed by atoms with Crippen LogP contribution in [0.4, 0.5) is 0 Å². The minimum atomic E-state index is 0.244. The van der Waals surface area contributed by atoms with Crippen molar-refractivity contribution in [3.63, 3.8) is 0 Å². The number of nitrogens with zero attached hydrogens (tertiary/aromatic N) is 1. The maximum Gasteiger partial charge on any atom is 0.220 e. The molecule has 4 nitrogen and oxygen atoms in total. The van der Waals surface area contributed by atoms with Crippen LogP contribution < -0.4 is 11.1 Å². The van der Waals surface area contributed by atoms with E-state index in [-0.39, 0.29) is 5.91 Å². The Morgan fingerprint density at radius 3 is 2.67 bits per heavy atom. The van der Waals surface area contributed by atoms with Crippen molar-refractivity contribution in [3.05, 3.63) is 0 Å². The van der Waals surface area contributed by atoms with Crippen LogP contribution in [0.2, 0.25) is 0 Å². The topological polar surface area (TPSA) is 58.4 Å². The summed E-state index contributed by atoms with van der Waals surface area (Å²) in [6, 6.07) is 0. The van der Waals surface area contributed by atoms with Crippen molar-refractivity contribution in [1.82, 2.24) is 10.2 Å². The largest absolute Gasteiger partial charge is 0.356 e. The molecule has 2 aliphatic heterocycles. The second kappa shape index (κ2) is 4.49. The molecule has 15 heavy (non-hydrogen) atoms. The minimum absolute atomic E-state index is 0.244. The second-order valence-corrected chi connectivity index (χ2v) is 4.91. The number of nitrogens with two attached hydrogens (primary N) is 1. The first-order chi connectivity index (χ1) is 7.24. The minimum Gasteiger partial charge on any atom is -0.356 e. The highest BCUT2D eigenvalue weighted by Crippen LogP contribution is 2.39. The second-order valence-electron chi connectivity index (χ2n) is 4.91. The maximum absolute atomic E-state index is 11.4. The first-order valence-electron chi connectivity index (χ1n) is 5.93. The van der Waals surface area contributed by atoms with Crippen LogP contribution in [-0.4, -0.2) is 43.5 Å². The smallest absolute Gasteiger partial charge is 0.220 e. The van der Waals surface area contributed by atoms with E-state index in [9.17, 15) is 4.79 Å². The van der Waals surface area contributed by atoms with Crippen LogP contribution >= 0.6 is 0 Å². The summed E-state index contributed by atoms with van der Waals surface area (Å²) in [5.41, 5.74) is 5.86. The fourth-order valence-electron chi connectivity index (χ4n) is 2.82. The summed E-state index contributed by atoms with van der Waals surface area (Å²) in [6.07, 6.45) is 4.24. The predicted molar refractivity (Wildman–Crippen MR) is 59.4 cm³/mol. The fourth-order valence-corrected chi connectivity index (χ4v) is 2.82. The molecule has 2 saturated heterocycles. The quantitative estimate of drug-likeness (QED) is 0.672. The summed E-state index contributed by atoms with van der Waals surface area (Å²) in [5, 5.41) is 2.92. The predicted octanol–water partition coefficient (Wildman–Crippen LogP) is -0.0627. The van der Waals surface area contributed by atoms with Gasteiger partial charge in [-0.25, -0.2) is 0 Å². The van der Waals surface area contributed by atoms with Crippen molar-refractivity contribution >= 4 is 5.91 Å². The summed E-state index contributed by atoms with van der Waals surface area (Å²) in [6.45, 7) is 4.85. The van der Waals surface area contributed by atoms with E-state index in [1.807, 2.05) is 0 Å². The molecule has 0 unspecified atom stereocenters. The number of carbonyl (C=O) groups excluding carboxylic acids is 1. The molecule has 1 amide bonds. The first kappa shape index (κ1) is 10.9. The van der Waals surface area contributed by atoms with Crippen molar-refractivity contribution in [1.29, 1.82) is 0 Å². The lowest BCUT2D eigenvalue weighted by atomic mass is 9.71. The third kappa shape index (κ3) is 2.49. The van der Waals surface area contributed by atoms with E-state index in [0.717, 1.165) is 45.6 Å². The van der Waals surface area contributed by atoms with Crippen LogP contribution in [0.15, 0.2) is 0 Å². The molecule has 0 bridgehead atoms. The molecule has 3 N–H and O–H groups in total. The Bertz CT molecular complexity index is 234. The van der Waals surface area contributed by atoms with Gasteiger partial charge in [-0.15, -0.1) is 0 Å². The molecule has 0 saturated carbocycles. The van der Waals surface area contributed by atoms with Crippen LogP contribution in [0, 0.1) is 5.41 Å². The molecule has 2 heterocycles. The Kier molecular flexibility index (Phi) is 3.26. The Balaban J connectivity index is 1.88. The van der Waals surface area contributed by atoms with Crippen LogP contribution in [0.25, 0.3) is 0 Å². The van der Waals surface area contributed by atoms with Gasteiger partial charge in [-0.2, -0.15) is 0 Å². The molecule has 1 spiro atoms. The van der Waals surface area contributed by atoms with Crippen molar-refractivity contribution in [2.24, 2.45) is 11.1 Å². The van der Waals surface area contributed by atoms with Crippen molar-refractivity contribution < 1.29 is 4.79 Å². The molecule has 0 aliphatic carbocycles. The summed E-state index contributed by atoms with van der Waals surface area (Å²) in [7, 11) is 0. The van der Waals surface area contributed by atoms with Gasteiger partial charge in [-0.05, 0) is 37.8 Å². The van der Waals surface area contributed by atoms with Gasteiger partial charge >= 0.3 is 0 Å².